The van der Waals surface area contributed by atoms with Gasteiger partial charge in [0.15, 0.2) is 0 Å². The van der Waals surface area contributed by atoms with Crippen LogP contribution < -0.4 is 5.73 Å². The number of hydrogen-bond donors (Lipinski definition) is 1. The van der Waals surface area contributed by atoms with Crippen LogP contribution in [0.25, 0.3) is 0 Å². The van der Waals surface area contributed by atoms with Gasteiger partial charge >= 0.3 is 0 Å². The SMILES string of the molecule is NCc1ccnc(CC2C3CC4CC(C3)CC2C4)n1. The van der Waals surface area contributed by atoms with E-state index in [1.807, 2.05) is 12.3 Å². The zero-order valence-electron chi connectivity index (χ0n) is 11.5. The van der Waals surface area contributed by atoms with E-state index in [9.17, 15) is 0 Å². The summed E-state index contributed by atoms with van der Waals surface area (Å²) >= 11 is 0. The molecule has 0 atom stereocenters. The molecule has 4 aliphatic carbocycles. The van der Waals surface area contributed by atoms with Crippen LogP contribution in [-0.2, 0) is 13.0 Å². The smallest absolute Gasteiger partial charge is 0.128 e. The van der Waals surface area contributed by atoms with Gasteiger partial charge in [-0.25, -0.2) is 9.97 Å². The fraction of sp³-hybridized carbons (Fsp3) is 0.750. The van der Waals surface area contributed by atoms with Gasteiger partial charge in [0.2, 0.25) is 0 Å². The molecule has 1 heterocycles. The molecule has 1 aromatic heterocycles. The van der Waals surface area contributed by atoms with Crippen LogP contribution in [0.2, 0.25) is 0 Å². The second-order valence-corrected chi connectivity index (χ2v) is 6.97. The van der Waals surface area contributed by atoms with Crippen LogP contribution in [0.1, 0.15) is 43.6 Å². The monoisotopic (exact) mass is 257 g/mol. The molecule has 4 bridgehead atoms. The fourth-order valence-electron chi connectivity index (χ4n) is 5.24. The van der Waals surface area contributed by atoms with E-state index in [-0.39, 0.29) is 0 Å². The molecule has 1 aromatic rings. The Labute approximate surface area is 115 Å². The Hall–Kier alpha value is -0.960. The maximum absolute atomic E-state index is 5.68. The lowest BCUT2D eigenvalue weighted by Crippen LogP contribution is -2.45. The lowest BCUT2D eigenvalue weighted by atomic mass is 9.51. The number of nitrogens with zero attached hydrogens (tertiary/aromatic N) is 2. The number of hydrogen-bond acceptors (Lipinski definition) is 3. The molecule has 3 heteroatoms. The molecule has 0 aliphatic heterocycles. The Morgan fingerprint density at radius 3 is 2.37 bits per heavy atom. The summed E-state index contributed by atoms with van der Waals surface area (Å²) in [5.41, 5.74) is 6.66. The predicted molar refractivity (Wildman–Crippen MR) is 74.2 cm³/mol. The molecular formula is C16H23N3. The van der Waals surface area contributed by atoms with E-state index in [2.05, 4.69) is 9.97 Å². The van der Waals surface area contributed by atoms with Crippen molar-refractivity contribution in [2.24, 2.45) is 35.3 Å². The number of nitrogens with two attached hydrogens (primary N) is 1. The molecule has 4 aliphatic rings. The van der Waals surface area contributed by atoms with Crippen molar-refractivity contribution < 1.29 is 0 Å². The van der Waals surface area contributed by atoms with Crippen molar-refractivity contribution in [1.29, 1.82) is 0 Å². The summed E-state index contributed by atoms with van der Waals surface area (Å²) in [7, 11) is 0. The van der Waals surface area contributed by atoms with Crippen molar-refractivity contribution >= 4 is 0 Å². The summed E-state index contributed by atoms with van der Waals surface area (Å²) in [5, 5.41) is 0. The molecular weight excluding hydrogens is 234 g/mol. The maximum Gasteiger partial charge on any atom is 0.128 e. The van der Waals surface area contributed by atoms with Gasteiger partial charge in [0.1, 0.15) is 5.82 Å². The van der Waals surface area contributed by atoms with Crippen LogP contribution in [-0.4, -0.2) is 9.97 Å². The minimum absolute atomic E-state index is 0.525. The quantitative estimate of drug-likeness (QED) is 0.905. The highest BCUT2D eigenvalue weighted by Gasteiger charge is 2.48. The minimum Gasteiger partial charge on any atom is -0.325 e. The Balaban J connectivity index is 1.53. The van der Waals surface area contributed by atoms with Crippen molar-refractivity contribution in [2.75, 3.05) is 0 Å². The first kappa shape index (κ1) is 11.8. The minimum atomic E-state index is 0.525. The van der Waals surface area contributed by atoms with E-state index in [1.54, 1.807) is 0 Å². The van der Waals surface area contributed by atoms with Crippen molar-refractivity contribution in [1.82, 2.24) is 9.97 Å². The number of rotatable bonds is 3. The van der Waals surface area contributed by atoms with Crippen LogP contribution in [0.15, 0.2) is 12.3 Å². The molecule has 0 radical (unpaired) electrons. The van der Waals surface area contributed by atoms with Gasteiger partial charge in [-0.15, -0.1) is 0 Å². The van der Waals surface area contributed by atoms with E-state index < -0.39 is 0 Å². The van der Waals surface area contributed by atoms with E-state index >= 15 is 0 Å². The Kier molecular flexibility index (Phi) is 2.83. The zero-order chi connectivity index (χ0) is 12.8. The number of aromatic nitrogens is 2. The van der Waals surface area contributed by atoms with Gasteiger partial charge in [-0.1, -0.05) is 0 Å². The van der Waals surface area contributed by atoms with Crippen LogP contribution in [0.4, 0.5) is 0 Å². The molecule has 0 unspecified atom stereocenters. The topological polar surface area (TPSA) is 51.8 Å². The molecule has 0 spiro atoms. The average Bonchev–Trinajstić information content (AvgIpc) is 2.42. The molecule has 0 aromatic carbocycles. The summed E-state index contributed by atoms with van der Waals surface area (Å²) in [6.45, 7) is 0.525. The third-order valence-corrected chi connectivity index (χ3v) is 5.81. The third kappa shape index (κ3) is 2.08. The third-order valence-electron chi connectivity index (χ3n) is 5.81. The van der Waals surface area contributed by atoms with Crippen molar-refractivity contribution in [3.8, 4) is 0 Å². The van der Waals surface area contributed by atoms with Gasteiger partial charge in [0.05, 0.1) is 5.69 Å². The summed E-state index contributed by atoms with van der Waals surface area (Å²) in [5.74, 6) is 5.90. The van der Waals surface area contributed by atoms with Crippen molar-refractivity contribution in [2.45, 2.75) is 45.1 Å². The van der Waals surface area contributed by atoms with Gasteiger partial charge in [0, 0.05) is 19.2 Å². The van der Waals surface area contributed by atoms with E-state index in [0.717, 1.165) is 47.5 Å². The summed E-state index contributed by atoms with van der Waals surface area (Å²) in [6.07, 6.45) is 10.4. The fourth-order valence-corrected chi connectivity index (χ4v) is 5.24. The van der Waals surface area contributed by atoms with Crippen LogP contribution in [0.5, 0.6) is 0 Å². The lowest BCUT2D eigenvalue weighted by Gasteiger charge is -2.54. The molecule has 3 nitrogen and oxygen atoms in total. The normalized spacial score (nSPS) is 39.7. The highest BCUT2D eigenvalue weighted by molar-refractivity contribution is 5.05. The van der Waals surface area contributed by atoms with Gasteiger partial charge < -0.3 is 5.73 Å². The zero-order valence-corrected chi connectivity index (χ0v) is 11.5. The summed E-state index contributed by atoms with van der Waals surface area (Å²) in [6, 6.07) is 1.93. The standard InChI is InChI=1S/C16H23N3/c17-9-14-1-2-18-16(19-14)8-15-12-4-10-3-11(6-12)7-13(15)5-10/h1-2,10-13,15H,3-9,17H2. The maximum atomic E-state index is 5.68. The van der Waals surface area contributed by atoms with Gasteiger partial charge in [0.25, 0.3) is 0 Å². The first-order valence-electron chi connectivity index (χ1n) is 7.82. The average molecular weight is 257 g/mol. The highest BCUT2D eigenvalue weighted by atomic mass is 14.9. The lowest BCUT2D eigenvalue weighted by molar-refractivity contribution is -0.0367. The van der Waals surface area contributed by atoms with Crippen molar-refractivity contribution in [3.05, 3.63) is 23.8 Å². The second kappa shape index (κ2) is 4.55. The molecule has 0 saturated heterocycles. The van der Waals surface area contributed by atoms with Crippen LogP contribution in [0, 0.1) is 29.6 Å². The molecule has 4 saturated carbocycles. The van der Waals surface area contributed by atoms with Crippen LogP contribution >= 0.6 is 0 Å². The summed E-state index contributed by atoms with van der Waals surface area (Å²) < 4.78 is 0. The molecule has 102 valence electrons. The van der Waals surface area contributed by atoms with Gasteiger partial charge in [-0.3, -0.25) is 0 Å². The van der Waals surface area contributed by atoms with Crippen molar-refractivity contribution in [3.63, 3.8) is 0 Å². The van der Waals surface area contributed by atoms with E-state index in [1.165, 1.54) is 32.1 Å². The first-order valence-corrected chi connectivity index (χ1v) is 7.82. The Bertz CT molecular complexity index is 443. The highest BCUT2D eigenvalue weighted by Crippen LogP contribution is 2.57. The molecule has 5 rings (SSSR count). The summed E-state index contributed by atoms with van der Waals surface area (Å²) in [4.78, 5) is 9.08. The Morgan fingerprint density at radius 1 is 1.05 bits per heavy atom. The largest absolute Gasteiger partial charge is 0.325 e. The first-order chi connectivity index (χ1) is 9.31. The molecule has 2 N–H and O–H groups in total. The van der Waals surface area contributed by atoms with Gasteiger partial charge in [-0.05, 0) is 67.8 Å². The van der Waals surface area contributed by atoms with E-state index in [4.69, 9.17) is 5.73 Å². The molecule has 0 amide bonds. The second-order valence-electron chi connectivity index (χ2n) is 6.97. The van der Waals surface area contributed by atoms with Crippen LogP contribution in [0.3, 0.4) is 0 Å². The predicted octanol–water partition coefficient (Wildman–Crippen LogP) is 2.55. The molecule has 4 fully saturated rings. The van der Waals surface area contributed by atoms with Gasteiger partial charge in [-0.2, -0.15) is 0 Å². The molecule has 19 heavy (non-hydrogen) atoms. The van der Waals surface area contributed by atoms with E-state index in [0.29, 0.717) is 6.54 Å². The Morgan fingerprint density at radius 2 is 1.74 bits per heavy atom.